The minimum absolute atomic E-state index is 0.175. The van der Waals surface area contributed by atoms with E-state index in [0.29, 0.717) is 12.0 Å². The number of halogens is 3. The van der Waals surface area contributed by atoms with Crippen LogP contribution in [0.2, 0.25) is 0 Å². The SMILES string of the molecule is CCC1(CC)C(NC)CC1c1ccc(C(F)(F)F)cc1. The first-order valence-corrected chi connectivity index (χ1v) is 7.23. The molecular weight excluding hydrogens is 263 g/mol. The summed E-state index contributed by atoms with van der Waals surface area (Å²) in [5, 5.41) is 3.35. The number of hydrogen-bond donors (Lipinski definition) is 1. The Morgan fingerprint density at radius 1 is 1.15 bits per heavy atom. The molecule has 1 N–H and O–H groups in total. The summed E-state index contributed by atoms with van der Waals surface area (Å²) in [6.45, 7) is 4.34. The van der Waals surface area contributed by atoms with Gasteiger partial charge in [-0.1, -0.05) is 26.0 Å². The van der Waals surface area contributed by atoms with E-state index in [4.69, 9.17) is 0 Å². The molecule has 4 heteroatoms. The van der Waals surface area contributed by atoms with Gasteiger partial charge >= 0.3 is 6.18 Å². The maximum Gasteiger partial charge on any atom is 0.416 e. The minimum Gasteiger partial charge on any atom is -0.316 e. The van der Waals surface area contributed by atoms with Gasteiger partial charge in [0.2, 0.25) is 0 Å². The highest BCUT2D eigenvalue weighted by atomic mass is 19.4. The van der Waals surface area contributed by atoms with Crippen LogP contribution >= 0.6 is 0 Å². The second kappa shape index (κ2) is 5.40. The van der Waals surface area contributed by atoms with Gasteiger partial charge in [0.15, 0.2) is 0 Å². The number of benzene rings is 1. The zero-order chi connectivity index (χ0) is 15.0. The van der Waals surface area contributed by atoms with Crippen LogP contribution in [-0.2, 0) is 6.18 Å². The maximum absolute atomic E-state index is 12.6. The lowest BCUT2D eigenvalue weighted by molar-refractivity contribution is -0.137. The number of nitrogens with one attached hydrogen (secondary N) is 1. The summed E-state index contributed by atoms with van der Waals surface area (Å²) in [5.74, 6) is 0.359. The molecule has 2 unspecified atom stereocenters. The second-order valence-corrected chi connectivity index (χ2v) is 5.69. The first kappa shape index (κ1) is 15.4. The van der Waals surface area contributed by atoms with E-state index in [-0.39, 0.29) is 5.41 Å². The third kappa shape index (κ3) is 2.34. The third-order valence-corrected chi connectivity index (χ3v) is 5.16. The number of alkyl halides is 3. The van der Waals surface area contributed by atoms with E-state index in [1.807, 2.05) is 7.05 Å². The van der Waals surface area contributed by atoms with E-state index in [0.717, 1.165) is 24.8 Å². The lowest BCUT2D eigenvalue weighted by atomic mass is 9.52. The van der Waals surface area contributed by atoms with Crippen molar-refractivity contribution in [2.24, 2.45) is 5.41 Å². The molecule has 0 amide bonds. The maximum atomic E-state index is 12.6. The first-order valence-electron chi connectivity index (χ1n) is 7.23. The molecule has 1 aliphatic carbocycles. The van der Waals surface area contributed by atoms with Crippen LogP contribution in [0.15, 0.2) is 24.3 Å². The van der Waals surface area contributed by atoms with Crippen molar-refractivity contribution < 1.29 is 13.2 Å². The molecule has 1 aliphatic rings. The van der Waals surface area contributed by atoms with Crippen molar-refractivity contribution in [2.75, 3.05) is 7.05 Å². The van der Waals surface area contributed by atoms with E-state index in [2.05, 4.69) is 19.2 Å². The van der Waals surface area contributed by atoms with Gasteiger partial charge in [0.05, 0.1) is 5.56 Å². The van der Waals surface area contributed by atoms with Crippen molar-refractivity contribution in [3.8, 4) is 0 Å². The normalized spacial score (nSPS) is 25.3. The minimum atomic E-state index is -4.25. The van der Waals surface area contributed by atoms with Crippen LogP contribution in [-0.4, -0.2) is 13.1 Å². The molecule has 112 valence electrons. The molecule has 20 heavy (non-hydrogen) atoms. The van der Waals surface area contributed by atoms with Crippen LogP contribution in [0.5, 0.6) is 0 Å². The molecule has 0 aromatic heterocycles. The summed E-state index contributed by atoms with van der Waals surface area (Å²) < 4.78 is 37.8. The van der Waals surface area contributed by atoms with Crippen molar-refractivity contribution in [2.45, 2.75) is 51.2 Å². The fourth-order valence-corrected chi connectivity index (χ4v) is 3.80. The first-order chi connectivity index (χ1) is 9.39. The van der Waals surface area contributed by atoms with Gasteiger partial charge in [0.25, 0.3) is 0 Å². The van der Waals surface area contributed by atoms with Gasteiger partial charge in [-0.2, -0.15) is 13.2 Å². The molecule has 1 aromatic carbocycles. The third-order valence-electron chi connectivity index (χ3n) is 5.16. The van der Waals surface area contributed by atoms with Gasteiger partial charge in [-0.25, -0.2) is 0 Å². The molecule has 1 nitrogen and oxygen atoms in total. The Labute approximate surface area is 118 Å². The standard InChI is InChI=1S/C16H22F3N/c1-4-15(5-2)13(10-14(15)20-3)11-6-8-12(9-7-11)16(17,18)19/h6-9,13-14,20H,4-5,10H2,1-3H3. The van der Waals surface area contributed by atoms with Gasteiger partial charge in [0.1, 0.15) is 0 Å². The smallest absolute Gasteiger partial charge is 0.316 e. The van der Waals surface area contributed by atoms with E-state index < -0.39 is 11.7 Å². The fraction of sp³-hybridized carbons (Fsp3) is 0.625. The molecule has 1 fully saturated rings. The Morgan fingerprint density at radius 2 is 1.70 bits per heavy atom. The van der Waals surface area contributed by atoms with Gasteiger partial charge in [-0.15, -0.1) is 0 Å². The molecule has 1 saturated carbocycles. The lowest BCUT2D eigenvalue weighted by Crippen LogP contribution is -2.57. The van der Waals surface area contributed by atoms with Crippen LogP contribution in [0, 0.1) is 5.41 Å². The van der Waals surface area contributed by atoms with E-state index in [9.17, 15) is 13.2 Å². The van der Waals surface area contributed by atoms with Gasteiger partial charge in [-0.3, -0.25) is 0 Å². The number of hydrogen-bond acceptors (Lipinski definition) is 1. The van der Waals surface area contributed by atoms with Gasteiger partial charge in [0, 0.05) is 6.04 Å². The van der Waals surface area contributed by atoms with Gasteiger partial charge < -0.3 is 5.32 Å². The quantitative estimate of drug-likeness (QED) is 0.853. The van der Waals surface area contributed by atoms with Crippen molar-refractivity contribution in [1.29, 1.82) is 0 Å². The monoisotopic (exact) mass is 285 g/mol. The Kier molecular flexibility index (Phi) is 4.14. The molecule has 1 aromatic rings. The van der Waals surface area contributed by atoms with Crippen LogP contribution < -0.4 is 5.32 Å². The predicted molar refractivity (Wildman–Crippen MR) is 74.7 cm³/mol. The van der Waals surface area contributed by atoms with Crippen LogP contribution in [0.4, 0.5) is 13.2 Å². The average molecular weight is 285 g/mol. The summed E-state index contributed by atoms with van der Waals surface area (Å²) in [4.78, 5) is 0. The van der Waals surface area contributed by atoms with E-state index >= 15 is 0 Å². The Bertz CT molecular complexity index is 446. The molecular formula is C16H22F3N. The summed E-state index contributed by atoms with van der Waals surface area (Å²) in [6, 6.07) is 6.18. The molecule has 0 spiro atoms. The van der Waals surface area contributed by atoms with Crippen molar-refractivity contribution in [1.82, 2.24) is 5.32 Å². The molecule has 0 bridgehead atoms. The predicted octanol–water partition coefficient (Wildman–Crippen LogP) is 4.59. The molecule has 2 rings (SSSR count). The fourth-order valence-electron chi connectivity index (χ4n) is 3.80. The van der Waals surface area contributed by atoms with Crippen molar-refractivity contribution in [3.05, 3.63) is 35.4 Å². The van der Waals surface area contributed by atoms with Crippen LogP contribution in [0.25, 0.3) is 0 Å². The summed E-state index contributed by atoms with van der Waals surface area (Å²) >= 11 is 0. The highest BCUT2D eigenvalue weighted by Crippen LogP contribution is 2.57. The summed E-state index contributed by atoms with van der Waals surface area (Å²) in [7, 11) is 1.97. The molecule has 2 atom stereocenters. The zero-order valence-corrected chi connectivity index (χ0v) is 12.2. The van der Waals surface area contributed by atoms with E-state index in [1.54, 1.807) is 12.1 Å². The highest BCUT2D eigenvalue weighted by Gasteiger charge is 2.52. The molecule has 0 radical (unpaired) electrons. The van der Waals surface area contributed by atoms with Crippen molar-refractivity contribution in [3.63, 3.8) is 0 Å². The highest BCUT2D eigenvalue weighted by molar-refractivity contribution is 5.32. The summed E-state index contributed by atoms with van der Waals surface area (Å²) in [5.41, 5.74) is 0.645. The Balaban J connectivity index is 2.24. The summed E-state index contributed by atoms with van der Waals surface area (Å²) in [6.07, 6.45) is -1.16. The zero-order valence-electron chi connectivity index (χ0n) is 12.2. The topological polar surface area (TPSA) is 12.0 Å². The van der Waals surface area contributed by atoms with Crippen LogP contribution in [0.3, 0.4) is 0 Å². The second-order valence-electron chi connectivity index (χ2n) is 5.69. The largest absolute Gasteiger partial charge is 0.416 e. The Morgan fingerprint density at radius 3 is 2.10 bits per heavy atom. The van der Waals surface area contributed by atoms with Gasteiger partial charge in [-0.05, 0) is 55.3 Å². The van der Waals surface area contributed by atoms with Crippen molar-refractivity contribution >= 4 is 0 Å². The van der Waals surface area contributed by atoms with Crippen LogP contribution in [0.1, 0.15) is 50.2 Å². The Hall–Kier alpha value is -1.03. The average Bonchev–Trinajstić information content (AvgIpc) is 2.39. The van der Waals surface area contributed by atoms with E-state index in [1.165, 1.54) is 12.1 Å². The molecule has 0 saturated heterocycles. The molecule has 0 aliphatic heterocycles. The lowest BCUT2D eigenvalue weighted by Gasteiger charge is -2.56. The number of rotatable bonds is 4. The molecule has 0 heterocycles.